The van der Waals surface area contributed by atoms with Crippen LogP contribution in [0.25, 0.3) is 0 Å². The van der Waals surface area contributed by atoms with Crippen molar-refractivity contribution >= 4 is 28.3 Å². The van der Waals surface area contributed by atoms with Crippen LogP contribution >= 0.6 is 28.3 Å². The molecule has 1 aromatic carbocycles. The van der Waals surface area contributed by atoms with Crippen molar-refractivity contribution in [1.82, 2.24) is 5.32 Å². The molecule has 124 valence electrons. The van der Waals surface area contributed by atoms with Gasteiger partial charge in [-0.1, -0.05) is 11.6 Å². The van der Waals surface area contributed by atoms with Crippen LogP contribution in [0.1, 0.15) is 37.7 Å². The van der Waals surface area contributed by atoms with E-state index in [0.717, 1.165) is 35.5 Å². The molecular formula is C17H25BrClNO2. The molecule has 0 unspecified atom stereocenters. The molecule has 3 nitrogen and oxygen atoms in total. The van der Waals surface area contributed by atoms with Gasteiger partial charge in [0.25, 0.3) is 0 Å². The maximum absolute atomic E-state index is 5.37. The monoisotopic (exact) mass is 389 g/mol. The van der Waals surface area contributed by atoms with E-state index in [-0.39, 0.29) is 12.4 Å². The number of methoxy groups -OCH3 is 2. The van der Waals surface area contributed by atoms with Crippen molar-refractivity contribution < 1.29 is 9.47 Å². The van der Waals surface area contributed by atoms with Crippen molar-refractivity contribution in [2.24, 2.45) is 0 Å². The van der Waals surface area contributed by atoms with Crippen LogP contribution < -0.4 is 14.8 Å². The van der Waals surface area contributed by atoms with E-state index in [1.54, 1.807) is 19.8 Å². The Morgan fingerprint density at radius 1 is 1.18 bits per heavy atom. The van der Waals surface area contributed by atoms with Gasteiger partial charge in [-0.2, -0.15) is 0 Å². The Morgan fingerprint density at radius 2 is 2.00 bits per heavy atom. The van der Waals surface area contributed by atoms with Crippen LogP contribution in [0.4, 0.5) is 0 Å². The summed E-state index contributed by atoms with van der Waals surface area (Å²) >= 11 is 3.53. The van der Waals surface area contributed by atoms with Gasteiger partial charge in [-0.05, 0) is 72.3 Å². The number of rotatable bonds is 7. The summed E-state index contributed by atoms with van der Waals surface area (Å²) in [7, 11) is 3.31. The van der Waals surface area contributed by atoms with Crippen molar-refractivity contribution in [3.63, 3.8) is 0 Å². The van der Waals surface area contributed by atoms with Crippen molar-refractivity contribution in [1.29, 1.82) is 0 Å². The van der Waals surface area contributed by atoms with E-state index in [9.17, 15) is 0 Å². The highest BCUT2D eigenvalue weighted by molar-refractivity contribution is 9.10. The molecule has 5 heteroatoms. The molecule has 0 radical (unpaired) electrons. The Kier molecular flexibility index (Phi) is 8.91. The number of halogens is 2. The maximum atomic E-state index is 5.37. The predicted molar refractivity (Wildman–Crippen MR) is 97.4 cm³/mol. The van der Waals surface area contributed by atoms with Gasteiger partial charge in [-0.15, -0.1) is 12.4 Å². The van der Waals surface area contributed by atoms with Crippen molar-refractivity contribution in [3.8, 4) is 11.5 Å². The van der Waals surface area contributed by atoms with Crippen LogP contribution in [0.5, 0.6) is 11.5 Å². The van der Waals surface area contributed by atoms with Crippen molar-refractivity contribution in [2.75, 3.05) is 20.8 Å². The van der Waals surface area contributed by atoms with Gasteiger partial charge in [0.05, 0.1) is 18.7 Å². The highest BCUT2D eigenvalue weighted by Crippen LogP contribution is 2.36. The summed E-state index contributed by atoms with van der Waals surface area (Å²) in [5.41, 5.74) is 2.80. The summed E-state index contributed by atoms with van der Waals surface area (Å²) in [6, 6.07) is 4.10. The highest BCUT2D eigenvalue weighted by Gasteiger charge is 2.10. The Labute approximate surface area is 148 Å². The lowest BCUT2D eigenvalue weighted by molar-refractivity contribution is 0.352. The summed E-state index contributed by atoms with van der Waals surface area (Å²) in [5.74, 6) is 1.51. The summed E-state index contributed by atoms with van der Waals surface area (Å²) in [4.78, 5) is 0. The molecule has 0 saturated heterocycles. The SMILES string of the molecule is COc1cc(CNCCC2=CCCCC2)cc(Br)c1OC.Cl. The summed E-state index contributed by atoms with van der Waals surface area (Å²) in [6.45, 7) is 1.87. The average Bonchev–Trinajstić information content (AvgIpc) is 2.52. The standard InChI is InChI=1S/C17H24BrNO2.ClH/c1-20-16-11-14(10-15(18)17(16)21-2)12-19-9-8-13-6-4-3-5-7-13;/h6,10-11,19H,3-5,7-9,12H2,1-2H3;1H. The second-order valence-corrected chi connectivity index (χ2v) is 6.20. The first kappa shape index (κ1) is 19.3. The molecule has 1 aromatic rings. The first-order chi connectivity index (χ1) is 10.2. The Hall–Kier alpha value is -0.710. The normalized spacial score (nSPS) is 14.0. The van der Waals surface area contributed by atoms with E-state index in [2.05, 4.69) is 33.4 Å². The lowest BCUT2D eigenvalue weighted by Crippen LogP contribution is -2.15. The zero-order chi connectivity index (χ0) is 15.1. The fraction of sp³-hybridized carbons (Fsp3) is 0.529. The lowest BCUT2D eigenvalue weighted by Gasteiger charge is -2.14. The molecule has 1 aliphatic rings. The van der Waals surface area contributed by atoms with Gasteiger partial charge in [-0.3, -0.25) is 0 Å². The third-order valence-corrected chi connectivity index (χ3v) is 4.42. The Bertz CT molecular complexity index is 506. The summed E-state index contributed by atoms with van der Waals surface area (Å²) < 4.78 is 11.6. The first-order valence-corrected chi connectivity index (χ1v) is 8.33. The van der Waals surface area contributed by atoms with Crippen molar-refractivity contribution in [2.45, 2.75) is 38.6 Å². The van der Waals surface area contributed by atoms with Gasteiger partial charge in [0.15, 0.2) is 11.5 Å². The number of benzene rings is 1. The number of hydrogen-bond acceptors (Lipinski definition) is 3. The maximum Gasteiger partial charge on any atom is 0.174 e. The second kappa shape index (κ2) is 10.1. The van der Waals surface area contributed by atoms with Gasteiger partial charge >= 0.3 is 0 Å². The van der Waals surface area contributed by atoms with Gasteiger partial charge in [0, 0.05) is 6.54 Å². The molecule has 0 bridgehead atoms. The molecule has 2 rings (SSSR count). The van der Waals surface area contributed by atoms with E-state index >= 15 is 0 Å². The molecule has 0 spiro atoms. The van der Waals surface area contributed by atoms with Gasteiger partial charge in [-0.25, -0.2) is 0 Å². The zero-order valence-electron chi connectivity index (χ0n) is 13.3. The smallest absolute Gasteiger partial charge is 0.174 e. The summed E-state index contributed by atoms with van der Waals surface area (Å²) in [5, 5.41) is 3.51. The average molecular weight is 391 g/mol. The number of allylic oxidation sites excluding steroid dienone is 1. The fourth-order valence-electron chi connectivity index (χ4n) is 2.69. The Morgan fingerprint density at radius 3 is 2.64 bits per heavy atom. The van der Waals surface area contributed by atoms with E-state index in [0.29, 0.717) is 0 Å². The van der Waals surface area contributed by atoms with Gasteiger partial charge in [0.2, 0.25) is 0 Å². The molecule has 0 atom stereocenters. The van der Waals surface area contributed by atoms with E-state index in [4.69, 9.17) is 9.47 Å². The zero-order valence-corrected chi connectivity index (χ0v) is 15.7. The minimum absolute atomic E-state index is 0. The molecular weight excluding hydrogens is 366 g/mol. The van der Waals surface area contributed by atoms with Crippen LogP contribution in [0, 0.1) is 0 Å². The van der Waals surface area contributed by atoms with E-state index < -0.39 is 0 Å². The molecule has 1 N–H and O–H groups in total. The van der Waals surface area contributed by atoms with Gasteiger partial charge < -0.3 is 14.8 Å². The molecule has 0 fully saturated rings. The molecule has 1 aliphatic carbocycles. The second-order valence-electron chi connectivity index (χ2n) is 5.35. The van der Waals surface area contributed by atoms with Crippen LogP contribution in [0.3, 0.4) is 0 Å². The quantitative estimate of drug-likeness (QED) is 0.532. The van der Waals surface area contributed by atoms with Crippen molar-refractivity contribution in [3.05, 3.63) is 33.8 Å². The van der Waals surface area contributed by atoms with Gasteiger partial charge in [0.1, 0.15) is 0 Å². The van der Waals surface area contributed by atoms with E-state index in [1.165, 1.54) is 31.2 Å². The number of ether oxygens (including phenoxy) is 2. The van der Waals surface area contributed by atoms with Crippen LogP contribution in [-0.2, 0) is 6.54 Å². The number of nitrogens with one attached hydrogen (secondary N) is 1. The first-order valence-electron chi connectivity index (χ1n) is 7.53. The third-order valence-electron chi connectivity index (χ3n) is 3.83. The number of hydrogen-bond donors (Lipinski definition) is 1. The fourth-order valence-corrected chi connectivity index (χ4v) is 3.34. The highest BCUT2D eigenvalue weighted by atomic mass is 79.9. The molecule has 0 aromatic heterocycles. The largest absolute Gasteiger partial charge is 0.493 e. The lowest BCUT2D eigenvalue weighted by atomic mass is 9.97. The van der Waals surface area contributed by atoms with Crippen LogP contribution in [0.2, 0.25) is 0 Å². The summed E-state index contributed by atoms with van der Waals surface area (Å²) in [6.07, 6.45) is 8.83. The van der Waals surface area contributed by atoms with Crippen LogP contribution in [0.15, 0.2) is 28.3 Å². The molecule has 0 saturated carbocycles. The topological polar surface area (TPSA) is 30.5 Å². The molecule has 22 heavy (non-hydrogen) atoms. The third kappa shape index (κ3) is 5.49. The van der Waals surface area contributed by atoms with E-state index in [1.807, 2.05) is 6.07 Å². The molecule has 0 amide bonds. The minimum Gasteiger partial charge on any atom is -0.493 e. The molecule has 0 heterocycles. The van der Waals surface area contributed by atoms with Crippen LogP contribution in [-0.4, -0.2) is 20.8 Å². The Balaban J connectivity index is 0.00000242. The minimum atomic E-state index is 0. The predicted octanol–water partition coefficient (Wildman–Crippen LogP) is 4.87. The molecule has 0 aliphatic heterocycles.